The first-order valence-corrected chi connectivity index (χ1v) is 7.31. The molecule has 0 fully saturated rings. The fourth-order valence-electron chi connectivity index (χ4n) is 2.11. The third-order valence-electron chi connectivity index (χ3n) is 3.19. The Kier molecular flexibility index (Phi) is 5.80. The summed E-state index contributed by atoms with van der Waals surface area (Å²) in [5.74, 6) is 3.66. The van der Waals surface area contributed by atoms with Crippen molar-refractivity contribution >= 4 is 11.6 Å². The third-order valence-corrected chi connectivity index (χ3v) is 3.19. The molecule has 0 aliphatic carbocycles. The van der Waals surface area contributed by atoms with Gasteiger partial charge in [-0.1, -0.05) is 12.1 Å². The zero-order valence-electron chi connectivity index (χ0n) is 13.7. The molecule has 0 aliphatic rings. The first kappa shape index (κ1) is 16.6. The maximum absolute atomic E-state index is 5.31. The summed E-state index contributed by atoms with van der Waals surface area (Å²) in [6.45, 7) is 6.83. The molecular weight excluding hydrogens is 292 g/mol. The van der Waals surface area contributed by atoms with E-state index in [9.17, 15) is 0 Å². The van der Waals surface area contributed by atoms with Crippen molar-refractivity contribution in [2.24, 2.45) is 0 Å². The lowest BCUT2D eigenvalue weighted by atomic mass is 10.2. The van der Waals surface area contributed by atoms with Gasteiger partial charge in [0.05, 0.1) is 14.2 Å². The van der Waals surface area contributed by atoms with Crippen LogP contribution in [0.1, 0.15) is 11.4 Å². The molecule has 2 rings (SSSR count). The lowest BCUT2D eigenvalue weighted by Gasteiger charge is -2.12. The lowest BCUT2D eigenvalue weighted by Crippen LogP contribution is -2.07. The minimum absolute atomic E-state index is 0.623. The van der Waals surface area contributed by atoms with Gasteiger partial charge in [0.15, 0.2) is 11.5 Å². The van der Waals surface area contributed by atoms with Crippen LogP contribution >= 0.6 is 0 Å². The smallest absolute Gasteiger partial charge is 0.161 e. The Morgan fingerprint density at radius 2 is 1.74 bits per heavy atom. The zero-order chi connectivity index (χ0) is 16.7. The van der Waals surface area contributed by atoms with Gasteiger partial charge in [-0.25, -0.2) is 9.97 Å². The number of methoxy groups -OCH3 is 2. The van der Waals surface area contributed by atoms with Gasteiger partial charge in [-0.2, -0.15) is 0 Å². The standard InChI is InChI=1S/C17H22N4O2/c1-5-8-18-16-10-17(21-12(2)20-16)19-11-13-6-7-14(22-3)15(9-13)23-4/h5-7,9-10H,1,8,11H2,2-4H3,(H2,18,19,20,21). The van der Waals surface area contributed by atoms with Crippen LogP contribution in [-0.4, -0.2) is 30.7 Å². The molecule has 0 bridgehead atoms. The number of nitrogens with zero attached hydrogens (tertiary/aromatic N) is 2. The number of anilines is 2. The Labute approximate surface area is 136 Å². The van der Waals surface area contributed by atoms with Crippen LogP contribution in [0.5, 0.6) is 11.5 Å². The molecule has 0 radical (unpaired) electrons. The van der Waals surface area contributed by atoms with Gasteiger partial charge in [0, 0.05) is 19.2 Å². The number of nitrogens with one attached hydrogen (secondary N) is 2. The van der Waals surface area contributed by atoms with Gasteiger partial charge in [0.1, 0.15) is 17.5 Å². The summed E-state index contributed by atoms with van der Waals surface area (Å²) in [5, 5.41) is 6.46. The van der Waals surface area contributed by atoms with Crippen molar-refractivity contribution in [3.05, 3.63) is 48.3 Å². The molecule has 0 saturated carbocycles. The van der Waals surface area contributed by atoms with Gasteiger partial charge >= 0.3 is 0 Å². The molecule has 0 aliphatic heterocycles. The fraction of sp³-hybridized carbons (Fsp3) is 0.294. The third kappa shape index (κ3) is 4.60. The summed E-state index contributed by atoms with van der Waals surface area (Å²) < 4.78 is 10.6. The lowest BCUT2D eigenvalue weighted by molar-refractivity contribution is 0.354. The minimum Gasteiger partial charge on any atom is -0.493 e. The van der Waals surface area contributed by atoms with Gasteiger partial charge in [0.2, 0.25) is 0 Å². The SMILES string of the molecule is C=CCNc1cc(NCc2ccc(OC)c(OC)c2)nc(C)n1. The van der Waals surface area contributed by atoms with Crippen LogP contribution in [0.25, 0.3) is 0 Å². The maximum Gasteiger partial charge on any atom is 0.161 e. The molecule has 6 nitrogen and oxygen atoms in total. The molecule has 6 heteroatoms. The normalized spacial score (nSPS) is 10.0. The Morgan fingerprint density at radius 3 is 2.39 bits per heavy atom. The first-order chi connectivity index (χ1) is 11.2. The highest BCUT2D eigenvalue weighted by Crippen LogP contribution is 2.27. The predicted molar refractivity (Wildman–Crippen MR) is 92.3 cm³/mol. The molecule has 0 unspecified atom stereocenters. The van der Waals surface area contributed by atoms with E-state index in [1.54, 1.807) is 20.3 Å². The predicted octanol–water partition coefficient (Wildman–Crippen LogP) is 3.01. The van der Waals surface area contributed by atoms with E-state index < -0.39 is 0 Å². The second kappa shape index (κ2) is 8.03. The molecule has 2 aromatic rings. The van der Waals surface area contributed by atoms with Crippen molar-refractivity contribution in [1.82, 2.24) is 9.97 Å². The van der Waals surface area contributed by atoms with Crippen molar-refractivity contribution in [3.63, 3.8) is 0 Å². The molecule has 0 saturated heterocycles. The summed E-state index contributed by atoms with van der Waals surface area (Å²) in [4.78, 5) is 8.72. The van der Waals surface area contributed by atoms with E-state index in [1.165, 1.54) is 0 Å². The topological polar surface area (TPSA) is 68.3 Å². The Hall–Kier alpha value is -2.76. The highest BCUT2D eigenvalue weighted by molar-refractivity contribution is 5.49. The molecular formula is C17H22N4O2. The van der Waals surface area contributed by atoms with Crippen LogP contribution in [0.4, 0.5) is 11.6 Å². The highest BCUT2D eigenvalue weighted by Gasteiger charge is 2.06. The Bertz CT molecular complexity index is 674. The molecule has 23 heavy (non-hydrogen) atoms. The van der Waals surface area contributed by atoms with Crippen LogP contribution in [0, 0.1) is 6.92 Å². The Balaban J connectivity index is 2.08. The number of hydrogen-bond donors (Lipinski definition) is 2. The van der Waals surface area contributed by atoms with E-state index in [2.05, 4.69) is 27.2 Å². The Morgan fingerprint density at radius 1 is 1.04 bits per heavy atom. The van der Waals surface area contributed by atoms with E-state index in [4.69, 9.17) is 9.47 Å². The number of aromatic nitrogens is 2. The summed E-state index contributed by atoms with van der Waals surface area (Å²) in [7, 11) is 3.25. The van der Waals surface area contributed by atoms with Gasteiger partial charge in [-0.05, 0) is 24.6 Å². The van der Waals surface area contributed by atoms with Crippen LogP contribution < -0.4 is 20.1 Å². The van der Waals surface area contributed by atoms with Crippen molar-refractivity contribution in [2.75, 3.05) is 31.4 Å². The van der Waals surface area contributed by atoms with Crippen molar-refractivity contribution < 1.29 is 9.47 Å². The average Bonchev–Trinajstić information content (AvgIpc) is 2.57. The van der Waals surface area contributed by atoms with E-state index in [0.717, 1.165) is 17.2 Å². The fourth-order valence-corrected chi connectivity index (χ4v) is 2.11. The van der Waals surface area contributed by atoms with Gasteiger partial charge in [-0.15, -0.1) is 6.58 Å². The van der Waals surface area contributed by atoms with Crippen LogP contribution in [0.2, 0.25) is 0 Å². The zero-order valence-corrected chi connectivity index (χ0v) is 13.7. The monoisotopic (exact) mass is 314 g/mol. The minimum atomic E-state index is 0.623. The summed E-state index contributed by atoms with van der Waals surface area (Å²) in [6.07, 6.45) is 1.79. The van der Waals surface area contributed by atoms with Gasteiger partial charge in [0.25, 0.3) is 0 Å². The number of hydrogen-bond acceptors (Lipinski definition) is 6. The molecule has 1 aromatic heterocycles. The molecule has 2 N–H and O–H groups in total. The van der Waals surface area contributed by atoms with Crippen molar-refractivity contribution in [3.8, 4) is 11.5 Å². The van der Waals surface area contributed by atoms with Crippen LogP contribution in [0.15, 0.2) is 36.9 Å². The molecule has 122 valence electrons. The average molecular weight is 314 g/mol. The molecule has 1 aromatic carbocycles. The van der Waals surface area contributed by atoms with E-state index >= 15 is 0 Å². The van der Waals surface area contributed by atoms with Gasteiger partial charge in [-0.3, -0.25) is 0 Å². The van der Waals surface area contributed by atoms with Crippen LogP contribution in [-0.2, 0) is 6.54 Å². The molecule has 0 spiro atoms. The first-order valence-electron chi connectivity index (χ1n) is 7.31. The largest absolute Gasteiger partial charge is 0.493 e. The number of rotatable bonds is 8. The number of aryl methyl sites for hydroxylation is 1. The molecule has 0 atom stereocenters. The quantitative estimate of drug-likeness (QED) is 0.730. The maximum atomic E-state index is 5.31. The van der Waals surface area contributed by atoms with E-state index in [-0.39, 0.29) is 0 Å². The molecule has 1 heterocycles. The summed E-state index contributed by atoms with van der Waals surface area (Å²) in [5.41, 5.74) is 1.07. The highest BCUT2D eigenvalue weighted by atomic mass is 16.5. The van der Waals surface area contributed by atoms with Crippen molar-refractivity contribution in [2.45, 2.75) is 13.5 Å². The van der Waals surface area contributed by atoms with Gasteiger partial charge < -0.3 is 20.1 Å². The second-order valence-corrected chi connectivity index (χ2v) is 4.90. The number of ether oxygens (including phenoxy) is 2. The van der Waals surface area contributed by atoms with E-state index in [1.807, 2.05) is 31.2 Å². The van der Waals surface area contributed by atoms with Crippen molar-refractivity contribution in [1.29, 1.82) is 0 Å². The second-order valence-electron chi connectivity index (χ2n) is 4.90. The van der Waals surface area contributed by atoms with Crippen LogP contribution in [0.3, 0.4) is 0 Å². The molecule has 0 amide bonds. The number of benzene rings is 1. The summed E-state index contributed by atoms with van der Waals surface area (Å²) >= 11 is 0. The van der Waals surface area contributed by atoms with E-state index in [0.29, 0.717) is 30.4 Å². The summed E-state index contributed by atoms with van der Waals surface area (Å²) in [6, 6.07) is 7.69.